The van der Waals surface area contributed by atoms with Gasteiger partial charge in [0, 0.05) is 40.7 Å². The Morgan fingerprint density at radius 2 is 2.06 bits per heavy atom. The maximum absolute atomic E-state index is 12.1. The molecule has 8 nitrogen and oxygen atoms in total. The van der Waals surface area contributed by atoms with Gasteiger partial charge < -0.3 is 13.9 Å². The lowest BCUT2D eigenvalue weighted by atomic mass is 10.1. The van der Waals surface area contributed by atoms with E-state index in [1.807, 2.05) is 28.8 Å². The fraction of sp³-hybridized carbons (Fsp3) is 0.130. The molecule has 9 heteroatoms. The highest BCUT2D eigenvalue weighted by atomic mass is 32.2. The minimum atomic E-state index is -0.463. The molecule has 5 rings (SSSR count). The van der Waals surface area contributed by atoms with Gasteiger partial charge in [0.05, 0.1) is 12.8 Å². The fourth-order valence-corrected chi connectivity index (χ4v) is 4.41. The molecule has 0 spiro atoms. The Balaban J connectivity index is 1.52. The van der Waals surface area contributed by atoms with Gasteiger partial charge in [-0.05, 0) is 48.9 Å². The molecule has 4 heterocycles. The summed E-state index contributed by atoms with van der Waals surface area (Å²) in [5.41, 5.74) is 2.09. The summed E-state index contributed by atoms with van der Waals surface area (Å²) in [6.07, 6.45) is 5.07. The quantitative estimate of drug-likeness (QED) is 0.302. The molecule has 0 aliphatic carbocycles. The number of aromatic nitrogens is 4. The van der Waals surface area contributed by atoms with Gasteiger partial charge in [-0.2, -0.15) is 0 Å². The fourth-order valence-electron chi connectivity index (χ4n) is 3.48. The van der Waals surface area contributed by atoms with Crippen molar-refractivity contribution in [1.82, 2.24) is 19.7 Å². The highest BCUT2D eigenvalue weighted by Gasteiger charge is 2.17. The molecule has 0 aliphatic rings. The molecule has 0 aliphatic heterocycles. The largest absolute Gasteiger partial charge is 0.508 e. The molecule has 0 fully saturated rings. The number of thioether (sulfide) groups is 1. The zero-order valence-corrected chi connectivity index (χ0v) is 17.9. The molecule has 0 saturated carbocycles. The number of hydrogen-bond donors (Lipinski definition) is 1. The summed E-state index contributed by atoms with van der Waals surface area (Å²) in [5.74, 6) is 2.00. The molecule has 1 N–H and O–H groups in total. The number of rotatable bonds is 6. The SMILES string of the molecule is Cc1c(O)ccc2c(CSc3nnc(-c4cccnc4)n3Cc3ccco3)cc(=O)oc12. The molecule has 4 aromatic heterocycles. The zero-order valence-electron chi connectivity index (χ0n) is 17.1. The molecular weight excluding hydrogens is 428 g/mol. The van der Waals surface area contributed by atoms with Crippen molar-refractivity contribution in [3.05, 3.63) is 88.4 Å². The first-order valence-electron chi connectivity index (χ1n) is 9.84. The Bertz CT molecular complexity index is 1440. The summed E-state index contributed by atoms with van der Waals surface area (Å²) in [4.78, 5) is 16.3. The van der Waals surface area contributed by atoms with E-state index in [0.29, 0.717) is 34.4 Å². The van der Waals surface area contributed by atoms with Crippen molar-refractivity contribution in [2.75, 3.05) is 0 Å². The van der Waals surface area contributed by atoms with Crippen molar-refractivity contribution in [2.24, 2.45) is 0 Å². The monoisotopic (exact) mass is 446 g/mol. The van der Waals surface area contributed by atoms with Crippen molar-refractivity contribution in [3.63, 3.8) is 0 Å². The molecule has 32 heavy (non-hydrogen) atoms. The van der Waals surface area contributed by atoms with Crippen LogP contribution in [0.15, 0.2) is 79.9 Å². The van der Waals surface area contributed by atoms with E-state index in [1.165, 1.54) is 17.8 Å². The first-order valence-corrected chi connectivity index (χ1v) is 10.8. The van der Waals surface area contributed by atoms with Crippen molar-refractivity contribution in [3.8, 4) is 17.1 Å². The summed E-state index contributed by atoms with van der Waals surface area (Å²) >= 11 is 1.46. The van der Waals surface area contributed by atoms with E-state index in [-0.39, 0.29) is 5.75 Å². The first kappa shape index (κ1) is 20.1. The number of phenols is 1. The number of furan rings is 1. The molecule has 0 bridgehead atoms. The summed E-state index contributed by atoms with van der Waals surface area (Å²) in [5, 5.41) is 20.2. The lowest BCUT2D eigenvalue weighted by Crippen LogP contribution is -2.04. The predicted octanol–water partition coefficient (Wildman–Crippen LogP) is 4.39. The van der Waals surface area contributed by atoms with Crippen LogP contribution in [0.1, 0.15) is 16.9 Å². The van der Waals surface area contributed by atoms with Crippen molar-refractivity contribution in [2.45, 2.75) is 24.4 Å². The molecule has 5 aromatic rings. The number of fused-ring (bicyclic) bond motifs is 1. The van der Waals surface area contributed by atoms with E-state index in [4.69, 9.17) is 8.83 Å². The molecule has 0 saturated heterocycles. The van der Waals surface area contributed by atoms with E-state index in [0.717, 1.165) is 22.3 Å². The van der Waals surface area contributed by atoms with E-state index < -0.39 is 5.63 Å². The van der Waals surface area contributed by atoms with Crippen LogP contribution in [-0.2, 0) is 12.3 Å². The summed E-state index contributed by atoms with van der Waals surface area (Å²) in [6, 6.07) is 12.3. The average Bonchev–Trinajstić information content (AvgIpc) is 3.46. The van der Waals surface area contributed by atoms with Crippen LogP contribution < -0.4 is 5.63 Å². The smallest absolute Gasteiger partial charge is 0.336 e. The Morgan fingerprint density at radius 1 is 1.16 bits per heavy atom. The van der Waals surface area contributed by atoms with Gasteiger partial charge in [-0.3, -0.25) is 9.55 Å². The van der Waals surface area contributed by atoms with E-state index >= 15 is 0 Å². The van der Waals surface area contributed by atoms with Crippen molar-refractivity contribution in [1.29, 1.82) is 0 Å². The maximum atomic E-state index is 12.1. The van der Waals surface area contributed by atoms with E-state index in [9.17, 15) is 9.90 Å². The van der Waals surface area contributed by atoms with Crippen LogP contribution in [0.5, 0.6) is 5.75 Å². The van der Waals surface area contributed by atoms with Crippen LogP contribution in [0, 0.1) is 6.92 Å². The standard InChI is InChI=1S/C23H18N4O4S/c1-14-19(28)7-6-18-16(10-20(29)31-21(14)18)13-32-23-26-25-22(15-4-2-8-24-11-15)27(23)12-17-5-3-9-30-17/h2-11,28H,12-13H2,1H3. The summed E-state index contributed by atoms with van der Waals surface area (Å²) < 4.78 is 12.8. The Hall–Kier alpha value is -3.85. The highest BCUT2D eigenvalue weighted by Crippen LogP contribution is 2.32. The lowest BCUT2D eigenvalue weighted by molar-refractivity contribution is 0.468. The second kappa shape index (κ2) is 8.35. The number of hydrogen-bond acceptors (Lipinski definition) is 8. The minimum absolute atomic E-state index is 0.0877. The third-order valence-electron chi connectivity index (χ3n) is 5.11. The molecule has 160 valence electrons. The van der Waals surface area contributed by atoms with Gasteiger partial charge in [0.25, 0.3) is 0 Å². The van der Waals surface area contributed by atoms with Crippen LogP contribution in [0.2, 0.25) is 0 Å². The number of benzene rings is 1. The van der Waals surface area contributed by atoms with Crippen LogP contribution in [0.25, 0.3) is 22.4 Å². The number of phenolic OH excluding ortho intramolecular Hbond substituents is 1. The first-order chi connectivity index (χ1) is 15.6. The van der Waals surface area contributed by atoms with Gasteiger partial charge in [-0.25, -0.2) is 4.79 Å². The van der Waals surface area contributed by atoms with Gasteiger partial charge in [-0.1, -0.05) is 11.8 Å². The normalized spacial score (nSPS) is 11.3. The van der Waals surface area contributed by atoms with Gasteiger partial charge >= 0.3 is 5.63 Å². The van der Waals surface area contributed by atoms with Crippen LogP contribution in [-0.4, -0.2) is 24.9 Å². The number of aromatic hydroxyl groups is 1. The maximum Gasteiger partial charge on any atom is 0.336 e. The molecule has 0 atom stereocenters. The third-order valence-corrected chi connectivity index (χ3v) is 6.12. The topological polar surface area (TPSA) is 107 Å². The number of nitrogens with zero attached hydrogens (tertiary/aromatic N) is 4. The zero-order chi connectivity index (χ0) is 22.1. The minimum Gasteiger partial charge on any atom is -0.508 e. The van der Waals surface area contributed by atoms with Crippen LogP contribution in [0.4, 0.5) is 0 Å². The Morgan fingerprint density at radius 3 is 2.84 bits per heavy atom. The second-order valence-electron chi connectivity index (χ2n) is 7.18. The van der Waals surface area contributed by atoms with E-state index in [1.54, 1.807) is 37.7 Å². The average molecular weight is 446 g/mol. The van der Waals surface area contributed by atoms with Crippen molar-refractivity contribution < 1.29 is 13.9 Å². The Kier molecular flexibility index (Phi) is 5.24. The van der Waals surface area contributed by atoms with Crippen molar-refractivity contribution >= 4 is 22.7 Å². The van der Waals surface area contributed by atoms with Gasteiger partial charge in [0.15, 0.2) is 11.0 Å². The van der Waals surface area contributed by atoms with Crippen LogP contribution in [0.3, 0.4) is 0 Å². The van der Waals surface area contributed by atoms with Gasteiger partial charge in [-0.15, -0.1) is 10.2 Å². The summed E-state index contributed by atoms with van der Waals surface area (Å²) in [6.45, 7) is 2.18. The molecule has 0 radical (unpaired) electrons. The molecule has 0 unspecified atom stereocenters. The second-order valence-corrected chi connectivity index (χ2v) is 8.12. The molecular formula is C23H18N4O4S. The Labute approximate surface area is 186 Å². The highest BCUT2D eigenvalue weighted by molar-refractivity contribution is 7.98. The number of pyridine rings is 1. The molecule has 0 amide bonds. The van der Waals surface area contributed by atoms with E-state index in [2.05, 4.69) is 15.2 Å². The summed E-state index contributed by atoms with van der Waals surface area (Å²) in [7, 11) is 0. The number of aryl methyl sites for hydroxylation is 1. The molecule has 1 aromatic carbocycles. The van der Waals surface area contributed by atoms with Crippen LogP contribution >= 0.6 is 11.8 Å². The predicted molar refractivity (Wildman–Crippen MR) is 120 cm³/mol. The van der Waals surface area contributed by atoms with Gasteiger partial charge in [0.1, 0.15) is 17.1 Å². The van der Waals surface area contributed by atoms with Gasteiger partial charge in [0.2, 0.25) is 0 Å². The lowest BCUT2D eigenvalue weighted by Gasteiger charge is -2.10. The third kappa shape index (κ3) is 3.78.